The summed E-state index contributed by atoms with van der Waals surface area (Å²) in [6, 6.07) is -1.01. The molecule has 0 bridgehead atoms. The number of amides is 1. The van der Waals surface area contributed by atoms with E-state index in [0.29, 0.717) is 18.8 Å². The van der Waals surface area contributed by atoms with Crippen molar-refractivity contribution in [3.63, 3.8) is 0 Å². The van der Waals surface area contributed by atoms with Crippen molar-refractivity contribution in [3.05, 3.63) is 0 Å². The Morgan fingerprint density at radius 3 is 2.26 bits per heavy atom. The Hall–Kier alpha value is -1.57. The quantitative estimate of drug-likeness (QED) is 0.198. The highest BCUT2D eigenvalue weighted by atomic mass is 32.2. The van der Waals surface area contributed by atoms with Crippen LogP contribution in [0.4, 0.5) is 0 Å². The second kappa shape index (κ2) is 13.6. The summed E-state index contributed by atoms with van der Waals surface area (Å²) >= 11 is 0. The Labute approximate surface area is 165 Å². The number of aliphatic carboxylic acids is 1. The molecule has 0 aliphatic carbocycles. The van der Waals surface area contributed by atoms with E-state index in [-0.39, 0.29) is 29.5 Å². The lowest BCUT2D eigenvalue weighted by atomic mass is 9.92. The van der Waals surface area contributed by atoms with Gasteiger partial charge in [-0.2, -0.15) is 0 Å². The van der Waals surface area contributed by atoms with Gasteiger partial charge >= 0.3 is 11.9 Å². The van der Waals surface area contributed by atoms with E-state index in [0.717, 1.165) is 12.8 Å². The first-order valence-corrected chi connectivity index (χ1v) is 11.6. The SMILES string of the molecule is CCCCOC(=O)C(C)CC(=O)C(CC)C(=O)N[C@H](CC[S+](C)C)C(=O)O. The monoisotopic (exact) mass is 404 g/mol. The molecule has 2 N–H and O–H groups in total. The number of hydrogen-bond donors (Lipinski definition) is 2. The van der Waals surface area contributed by atoms with Gasteiger partial charge in [0.15, 0.2) is 0 Å². The first-order chi connectivity index (χ1) is 12.6. The minimum atomic E-state index is -1.11. The van der Waals surface area contributed by atoms with Crippen molar-refractivity contribution in [2.45, 2.75) is 58.9 Å². The first-order valence-electron chi connectivity index (χ1n) is 9.40. The molecular formula is C19H34NO6S+. The molecule has 1 amide bonds. The number of rotatable bonds is 14. The van der Waals surface area contributed by atoms with Crippen LogP contribution in [-0.2, 0) is 34.8 Å². The van der Waals surface area contributed by atoms with Crippen molar-refractivity contribution >= 4 is 34.5 Å². The number of carboxylic acid groups (broad SMARTS) is 1. The number of ketones is 1. The third-order valence-corrected chi connectivity index (χ3v) is 5.25. The van der Waals surface area contributed by atoms with Crippen molar-refractivity contribution in [1.29, 1.82) is 0 Å². The van der Waals surface area contributed by atoms with Gasteiger partial charge in [-0.15, -0.1) is 0 Å². The van der Waals surface area contributed by atoms with Crippen molar-refractivity contribution in [3.8, 4) is 0 Å². The summed E-state index contributed by atoms with van der Waals surface area (Å²) in [7, 11) is 0.0613. The van der Waals surface area contributed by atoms with Gasteiger partial charge < -0.3 is 15.2 Å². The summed E-state index contributed by atoms with van der Waals surface area (Å²) in [5.41, 5.74) is 0. The number of Topliss-reactive ketones (excluding diaryl/α,β-unsaturated/α-hetero) is 1. The molecule has 0 aliphatic rings. The maximum absolute atomic E-state index is 12.5. The molecule has 7 nitrogen and oxygen atoms in total. The van der Waals surface area contributed by atoms with E-state index in [2.05, 4.69) is 5.32 Å². The molecule has 156 valence electrons. The molecule has 0 aromatic heterocycles. The summed E-state index contributed by atoms with van der Waals surface area (Å²) < 4.78 is 5.10. The van der Waals surface area contributed by atoms with E-state index in [9.17, 15) is 24.3 Å². The largest absolute Gasteiger partial charge is 0.480 e. The molecule has 8 heteroatoms. The molecule has 0 saturated heterocycles. The fraction of sp³-hybridized carbons (Fsp3) is 0.789. The minimum absolute atomic E-state index is 0.0613. The molecule has 3 atom stereocenters. The van der Waals surface area contributed by atoms with Crippen LogP contribution in [0, 0.1) is 11.8 Å². The van der Waals surface area contributed by atoms with Gasteiger partial charge in [-0.1, -0.05) is 27.2 Å². The second-order valence-electron chi connectivity index (χ2n) is 6.93. The van der Waals surface area contributed by atoms with Crippen molar-refractivity contribution in [1.82, 2.24) is 5.32 Å². The summed E-state index contributed by atoms with van der Waals surface area (Å²) in [5, 5.41) is 11.8. The van der Waals surface area contributed by atoms with Gasteiger partial charge in [0.1, 0.15) is 17.6 Å². The maximum atomic E-state index is 12.5. The highest BCUT2D eigenvalue weighted by Crippen LogP contribution is 2.15. The first kappa shape index (κ1) is 25.4. The highest BCUT2D eigenvalue weighted by Gasteiger charge is 2.31. The Morgan fingerprint density at radius 2 is 1.78 bits per heavy atom. The zero-order valence-electron chi connectivity index (χ0n) is 17.1. The Balaban J connectivity index is 4.77. The Kier molecular flexibility index (Phi) is 12.8. The number of carboxylic acids is 1. The van der Waals surface area contributed by atoms with Gasteiger partial charge in [0.25, 0.3) is 0 Å². The maximum Gasteiger partial charge on any atom is 0.326 e. The molecular weight excluding hydrogens is 370 g/mol. The highest BCUT2D eigenvalue weighted by molar-refractivity contribution is 7.95. The topological polar surface area (TPSA) is 110 Å². The number of unbranched alkanes of at least 4 members (excludes halogenated alkanes) is 1. The lowest BCUT2D eigenvalue weighted by Gasteiger charge is -2.19. The zero-order chi connectivity index (χ0) is 21.0. The summed E-state index contributed by atoms with van der Waals surface area (Å²) in [4.78, 5) is 48.2. The van der Waals surface area contributed by atoms with Crippen LogP contribution in [0.15, 0.2) is 0 Å². The fourth-order valence-corrected chi connectivity index (χ4v) is 3.14. The van der Waals surface area contributed by atoms with Crippen molar-refractivity contribution in [2.24, 2.45) is 11.8 Å². The van der Waals surface area contributed by atoms with E-state index >= 15 is 0 Å². The van der Waals surface area contributed by atoms with Gasteiger partial charge in [0.05, 0.1) is 31.0 Å². The Morgan fingerprint density at radius 1 is 1.15 bits per heavy atom. The van der Waals surface area contributed by atoms with E-state index in [1.165, 1.54) is 0 Å². The van der Waals surface area contributed by atoms with Crippen molar-refractivity contribution in [2.75, 3.05) is 24.9 Å². The molecule has 0 saturated carbocycles. The van der Waals surface area contributed by atoms with Crippen LogP contribution in [0.5, 0.6) is 0 Å². The van der Waals surface area contributed by atoms with Gasteiger partial charge in [-0.25, -0.2) is 4.79 Å². The van der Waals surface area contributed by atoms with Gasteiger partial charge in [0.2, 0.25) is 5.91 Å². The molecule has 27 heavy (non-hydrogen) atoms. The van der Waals surface area contributed by atoms with E-state index in [1.807, 2.05) is 19.4 Å². The van der Waals surface area contributed by atoms with E-state index in [1.54, 1.807) is 13.8 Å². The van der Waals surface area contributed by atoms with Crippen molar-refractivity contribution < 1.29 is 29.0 Å². The van der Waals surface area contributed by atoms with Crippen LogP contribution in [0.25, 0.3) is 0 Å². The molecule has 0 radical (unpaired) electrons. The number of esters is 1. The van der Waals surface area contributed by atoms with Crippen LogP contribution in [0.2, 0.25) is 0 Å². The summed E-state index contributed by atoms with van der Waals surface area (Å²) in [6.45, 7) is 5.59. The lowest BCUT2D eigenvalue weighted by Crippen LogP contribution is -2.46. The van der Waals surface area contributed by atoms with Crippen LogP contribution >= 0.6 is 0 Å². The average molecular weight is 405 g/mol. The van der Waals surface area contributed by atoms with Crippen LogP contribution < -0.4 is 5.32 Å². The zero-order valence-corrected chi connectivity index (χ0v) is 17.9. The van der Waals surface area contributed by atoms with Crippen LogP contribution in [-0.4, -0.2) is 59.6 Å². The summed E-state index contributed by atoms with van der Waals surface area (Å²) in [6.07, 6.45) is 6.14. The fourth-order valence-electron chi connectivity index (χ4n) is 2.43. The third kappa shape index (κ3) is 10.4. The molecule has 0 spiro atoms. The molecule has 2 unspecified atom stereocenters. The molecule has 0 rings (SSSR count). The van der Waals surface area contributed by atoms with Crippen LogP contribution in [0.3, 0.4) is 0 Å². The summed E-state index contributed by atoms with van der Waals surface area (Å²) in [5.74, 6) is -3.42. The molecule has 0 fully saturated rings. The standard InChI is InChI=1S/C19H33NO6S/c1-6-8-10-26-19(25)13(3)12-16(21)14(7-2)17(22)20-15(18(23)24)9-11-27(4)5/h13-15H,6-12H2,1-5H3,(H-,20,22,23,24)/p+1/t13?,14?,15-/m1/s1. The average Bonchev–Trinajstić information content (AvgIpc) is 2.58. The van der Waals surface area contributed by atoms with E-state index in [4.69, 9.17) is 4.74 Å². The minimum Gasteiger partial charge on any atom is -0.480 e. The number of ether oxygens (including phenoxy) is 1. The lowest BCUT2D eigenvalue weighted by molar-refractivity contribution is -0.150. The number of hydrogen-bond acceptors (Lipinski definition) is 5. The third-order valence-electron chi connectivity index (χ3n) is 4.19. The normalized spacial score (nSPS) is 14.3. The predicted octanol–water partition coefficient (Wildman–Crippen LogP) is 1.79. The van der Waals surface area contributed by atoms with Gasteiger partial charge in [-0.3, -0.25) is 14.4 Å². The smallest absolute Gasteiger partial charge is 0.326 e. The molecule has 0 heterocycles. The molecule has 0 aliphatic heterocycles. The van der Waals surface area contributed by atoms with Gasteiger partial charge in [0, 0.05) is 12.8 Å². The van der Waals surface area contributed by atoms with Gasteiger partial charge in [-0.05, 0) is 23.7 Å². The van der Waals surface area contributed by atoms with Crippen LogP contribution in [0.1, 0.15) is 52.9 Å². The number of carbonyl (C=O) groups excluding carboxylic acids is 3. The number of carbonyl (C=O) groups is 4. The predicted molar refractivity (Wildman–Crippen MR) is 107 cm³/mol. The second-order valence-corrected chi connectivity index (χ2v) is 9.31. The number of nitrogens with one attached hydrogen (secondary N) is 1. The van der Waals surface area contributed by atoms with E-state index < -0.39 is 35.7 Å². The Bertz CT molecular complexity index is 508. The molecule has 0 aromatic carbocycles. The molecule has 0 aromatic rings.